The molecule has 5 heteroatoms. The number of hydrogen-bond acceptors (Lipinski definition) is 4. The Morgan fingerprint density at radius 2 is 2.11 bits per heavy atom. The van der Waals surface area contributed by atoms with E-state index in [-0.39, 0.29) is 0 Å². The number of nitrogens with zero attached hydrogens (tertiary/aromatic N) is 3. The quantitative estimate of drug-likeness (QED) is 0.901. The number of para-hydroxylation sites is 2. The van der Waals surface area contributed by atoms with Gasteiger partial charge in [0.2, 0.25) is 5.95 Å². The summed E-state index contributed by atoms with van der Waals surface area (Å²) in [5.74, 6) is 0.939. The molecule has 19 heavy (non-hydrogen) atoms. The maximum Gasteiger partial charge on any atom is 0.203 e. The lowest BCUT2D eigenvalue weighted by atomic mass is 10.3. The van der Waals surface area contributed by atoms with Gasteiger partial charge in [-0.05, 0) is 12.1 Å². The lowest BCUT2D eigenvalue weighted by Gasteiger charge is -2.28. The lowest BCUT2D eigenvalue weighted by Crippen LogP contribution is -2.40. The number of morpholine rings is 1. The zero-order valence-corrected chi connectivity index (χ0v) is 11.3. The third kappa shape index (κ3) is 2.88. The highest BCUT2D eigenvalue weighted by Gasteiger charge is 2.12. The zero-order chi connectivity index (χ0) is 13.1. The Balaban J connectivity index is 1.61. The number of hydrogen-bond donors (Lipinski definition) is 1. The van der Waals surface area contributed by atoms with Crippen molar-refractivity contribution >= 4 is 17.0 Å². The number of imidazole rings is 1. The van der Waals surface area contributed by atoms with E-state index in [0.29, 0.717) is 0 Å². The molecule has 0 aliphatic carbocycles. The lowest BCUT2D eigenvalue weighted by molar-refractivity contribution is 0.0392. The van der Waals surface area contributed by atoms with Crippen molar-refractivity contribution in [1.82, 2.24) is 14.9 Å². The molecule has 1 N–H and O–H groups in total. The van der Waals surface area contributed by atoms with E-state index >= 15 is 0 Å². The normalized spacial score (nSPS) is 16.9. The van der Waals surface area contributed by atoms with Gasteiger partial charge in [0.25, 0.3) is 0 Å². The molecule has 0 atom stereocenters. The van der Waals surface area contributed by atoms with Gasteiger partial charge in [-0.1, -0.05) is 12.1 Å². The van der Waals surface area contributed by atoms with Gasteiger partial charge in [0, 0.05) is 33.2 Å². The van der Waals surface area contributed by atoms with Gasteiger partial charge in [0.05, 0.1) is 24.2 Å². The standard InChI is InChI=1S/C14H20N4O/c1-17(6-7-18-8-10-19-11-9-18)14-15-12-4-2-3-5-13(12)16-14/h2-5H,6-11H2,1H3,(H,15,16). The van der Waals surface area contributed by atoms with Crippen molar-refractivity contribution in [2.75, 3.05) is 51.3 Å². The van der Waals surface area contributed by atoms with Crippen LogP contribution in [0.25, 0.3) is 11.0 Å². The van der Waals surface area contributed by atoms with Crippen LogP contribution in [0.1, 0.15) is 0 Å². The maximum atomic E-state index is 5.36. The Labute approximate surface area is 113 Å². The second-order valence-electron chi connectivity index (χ2n) is 4.95. The van der Waals surface area contributed by atoms with Crippen molar-refractivity contribution in [2.24, 2.45) is 0 Å². The van der Waals surface area contributed by atoms with Crippen LogP contribution in [0.3, 0.4) is 0 Å². The molecule has 0 unspecified atom stereocenters. The van der Waals surface area contributed by atoms with E-state index in [1.54, 1.807) is 0 Å². The predicted molar refractivity (Wildman–Crippen MR) is 76.6 cm³/mol. The molecule has 1 aliphatic heterocycles. The van der Waals surface area contributed by atoms with Gasteiger partial charge in [0.15, 0.2) is 0 Å². The SMILES string of the molecule is CN(CCN1CCOCC1)c1nc2ccccc2[nH]1. The Morgan fingerprint density at radius 3 is 2.89 bits per heavy atom. The van der Waals surface area contributed by atoms with Gasteiger partial charge in [-0.15, -0.1) is 0 Å². The van der Waals surface area contributed by atoms with Crippen LogP contribution < -0.4 is 4.90 Å². The fourth-order valence-electron chi connectivity index (χ4n) is 2.34. The Morgan fingerprint density at radius 1 is 1.32 bits per heavy atom. The number of anilines is 1. The summed E-state index contributed by atoms with van der Waals surface area (Å²) in [5.41, 5.74) is 2.12. The molecule has 3 rings (SSSR count). The summed E-state index contributed by atoms with van der Waals surface area (Å²) in [6, 6.07) is 8.13. The van der Waals surface area contributed by atoms with Gasteiger partial charge in [0.1, 0.15) is 0 Å². The first kappa shape index (κ1) is 12.4. The maximum absolute atomic E-state index is 5.36. The molecular weight excluding hydrogens is 240 g/mol. The highest BCUT2D eigenvalue weighted by molar-refractivity contribution is 5.77. The smallest absolute Gasteiger partial charge is 0.203 e. The molecule has 2 heterocycles. The summed E-state index contributed by atoms with van der Waals surface area (Å²) in [6.45, 7) is 5.81. The summed E-state index contributed by atoms with van der Waals surface area (Å²) in [5, 5.41) is 0. The van der Waals surface area contributed by atoms with Crippen LogP contribution in [-0.2, 0) is 4.74 Å². The van der Waals surface area contributed by atoms with E-state index in [1.165, 1.54) is 0 Å². The molecule has 1 aromatic carbocycles. The molecule has 0 saturated carbocycles. The highest BCUT2D eigenvalue weighted by atomic mass is 16.5. The number of ether oxygens (including phenoxy) is 1. The predicted octanol–water partition coefficient (Wildman–Crippen LogP) is 1.33. The minimum absolute atomic E-state index is 0.856. The molecule has 102 valence electrons. The number of aromatic amines is 1. The Kier molecular flexibility index (Phi) is 3.66. The number of rotatable bonds is 4. The third-order valence-corrected chi connectivity index (χ3v) is 3.59. The van der Waals surface area contributed by atoms with Crippen molar-refractivity contribution in [3.8, 4) is 0 Å². The average Bonchev–Trinajstić information content (AvgIpc) is 2.90. The van der Waals surface area contributed by atoms with E-state index in [4.69, 9.17) is 4.74 Å². The molecule has 0 amide bonds. The number of aromatic nitrogens is 2. The number of benzene rings is 1. The van der Waals surface area contributed by atoms with Crippen molar-refractivity contribution in [1.29, 1.82) is 0 Å². The molecule has 2 aromatic rings. The first-order chi connectivity index (χ1) is 9.33. The van der Waals surface area contributed by atoms with Crippen LogP contribution in [-0.4, -0.2) is 61.3 Å². The van der Waals surface area contributed by atoms with Crippen molar-refractivity contribution in [3.63, 3.8) is 0 Å². The first-order valence-electron chi connectivity index (χ1n) is 6.79. The summed E-state index contributed by atoms with van der Waals surface area (Å²) < 4.78 is 5.36. The van der Waals surface area contributed by atoms with Crippen LogP contribution >= 0.6 is 0 Å². The van der Waals surface area contributed by atoms with Gasteiger partial charge in [-0.25, -0.2) is 4.98 Å². The fourth-order valence-corrected chi connectivity index (χ4v) is 2.34. The van der Waals surface area contributed by atoms with E-state index in [1.807, 2.05) is 18.2 Å². The zero-order valence-electron chi connectivity index (χ0n) is 11.3. The minimum atomic E-state index is 0.856. The third-order valence-electron chi connectivity index (χ3n) is 3.59. The van der Waals surface area contributed by atoms with Gasteiger partial charge < -0.3 is 14.6 Å². The average molecular weight is 260 g/mol. The van der Waals surface area contributed by atoms with Crippen molar-refractivity contribution in [3.05, 3.63) is 24.3 Å². The Bertz CT molecular complexity index is 500. The van der Waals surface area contributed by atoms with Gasteiger partial charge >= 0.3 is 0 Å². The number of nitrogens with one attached hydrogen (secondary N) is 1. The molecule has 1 aromatic heterocycles. The van der Waals surface area contributed by atoms with Gasteiger partial charge in [-0.3, -0.25) is 4.90 Å². The molecule has 0 bridgehead atoms. The van der Waals surface area contributed by atoms with Crippen molar-refractivity contribution in [2.45, 2.75) is 0 Å². The number of likely N-dealkylation sites (N-methyl/N-ethyl adjacent to an activating group) is 1. The molecule has 5 nitrogen and oxygen atoms in total. The van der Waals surface area contributed by atoms with Crippen molar-refractivity contribution < 1.29 is 4.74 Å². The molecule has 0 radical (unpaired) electrons. The summed E-state index contributed by atoms with van der Waals surface area (Å²) >= 11 is 0. The van der Waals surface area contributed by atoms with Crippen LogP contribution in [0.2, 0.25) is 0 Å². The van der Waals surface area contributed by atoms with E-state index < -0.39 is 0 Å². The molecule has 0 spiro atoms. The van der Waals surface area contributed by atoms with Crippen LogP contribution in [0, 0.1) is 0 Å². The molecule has 1 saturated heterocycles. The summed E-state index contributed by atoms with van der Waals surface area (Å²) in [4.78, 5) is 12.6. The second-order valence-corrected chi connectivity index (χ2v) is 4.95. The van der Waals surface area contributed by atoms with E-state index in [9.17, 15) is 0 Å². The number of fused-ring (bicyclic) bond motifs is 1. The van der Waals surface area contributed by atoms with Crippen LogP contribution in [0.15, 0.2) is 24.3 Å². The Hall–Kier alpha value is -1.59. The molecule has 1 aliphatic rings. The number of H-pyrrole nitrogens is 1. The second kappa shape index (κ2) is 5.59. The van der Waals surface area contributed by atoms with Crippen LogP contribution in [0.4, 0.5) is 5.95 Å². The summed E-state index contributed by atoms with van der Waals surface area (Å²) in [7, 11) is 2.08. The molecule has 1 fully saturated rings. The monoisotopic (exact) mass is 260 g/mol. The van der Waals surface area contributed by atoms with E-state index in [2.05, 4.69) is 32.9 Å². The van der Waals surface area contributed by atoms with E-state index in [0.717, 1.165) is 56.4 Å². The van der Waals surface area contributed by atoms with Gasteiger partial charge in [-0.2, -0.15) is 0 Å². The summed E-state index contributed by atoms with van der Waals surface area (Å²) in [6.07, 6.45) is 0. The topological polar surface area (TPSA) is 44.4 Å². The van der Waals surface area contributed by atoms with Crippen LogP contribution in [0.5, 0.6) is 0 Å². The fraction of sp³-hybridized carbons (Fsp3) is 0.500. The minimum Gasteiger partial charge on any atom is -0.379 e. The first-order valence-corrected chi connectivity index (χ1v) is 6.79. The molecular formula is C14H20N4O. The largest absolute Gasteiger partial charge is 0.379 e. The highest BCUT2D eigenvalue weighted by Crippen LogP contribution is 2.15.